The Morgan fingerprint density at radius 1 is 1.02 bits per heavy atom. The molecule has 0 radical (unpaired) electrons. The van der Waals surface area contributed by atoms with E-state index >= 15 is 0 Å². The van der Waals surface area contributed by atoms with Gasteiger partial charge in [-0.05, 0) is 42.7 Å². The minimum atomic E-state index is -4.20. The minimum Gasteiger partial charge on any atom is -0.454 e. The molecule has 2 aromatic rings. The number of hydroxylamine groups is 2. The molecular weight excluding hydrogens is 576 g/mol. The van der Waals surface area contributed by atoms with Crippen LogP contribution >= 0.6 is 0 Å². The van der Waals surface area contributed by atoms with Crippen LogP contribution in [0.2, 0.25) is 0 Å². The number of hydrogen-bond acceptors (Lipinski definition) is 10. The van der Waals surface area contributed by atoms with Crippen molar-refractivity contribution in [3.05, 3.63) is 65.5 Å². The second kappa shape index (κ2) is 12.2. The number of carbonyl (C=O) groups excluding carboxylic acids is 4. The summed E-state index contributed by atoms with van der Waals surface area (Å²) in [4.78, 5) is 51.6. The zero-order valence-electron chi connectivity index (χ0n) is 22.9. The highest BCUT2D eigenvalue weighted by molar-refractivity contribution is 7.89. The smallest absolute Gasteiger partial charge is 0.333 e. The third-order valence-electron chi connectivity index (χ3n) is 7.05. The van der Waals surface area contributed by atoms with E-state index in [9.17, 15) is 27.6 Å². The van der Waals surface area contributed by atoms with Gasteiger partial charge in [0.15, 0.2) is 11.9 Å². The fourth-order valence-corrected chi connectivity index (χ4v) is 6.33. The number of anilines is 1. The number of nitrogens with two attached hydrogens (primary N) is 1. The maximum atomic E-state index is 13.5. The monoisotopic (exact) mass is 604 g/mol. The molecule has 12 nitrogen and oxygen atoms in total. The number of nitrogens with zero attached hydrogens (tertiary/aromatic N) is 1. The van der Waals surface area contributed by atoms with Gasteiger partial charge in [0.1, 0.15) is 10.7 Å². The molecule has 13 heteroatoms. The number of benzene rings is 3. The Hall–Kier alpha value is -4.88. The Balaban J connectivity index is 1.37. The van der Waals surface area contributed by atoms with E-state index in [2.05, 4.69) is 4.72 Å². The molecule has 2 amide bonds. The molecule has 43 heavy (non-hydrogen) atoms. The van der Waals surface area contributed by atoms with Crippen molar-refractivity contribution in [2.45, 2.75) is 43.4 Å². The van der Waals surface area contributed by atoms with Gasteiger partial charge in [-0.25, -0.2) is 17.9 Å². The normalized spacial score (nSPS) is 13.6. The first kappa shape index (κ1) is 29.6. The van der Waals surface area contributed by atoms with E-state index < -0.39 is 27.8 Å². The van der Waals surface area contributed by atoms with Crippen LogP contribution in [-0.4, -0.2) is 44.1 Å². The van der Waals surface area contributed by atoms with Gasteiger partial charge in [0, 0.05) is 54.0 Å². The van der Waals surface area contributed by atoms with Gasteiger partial charge >= 0.3 is 5.97 Å². The van der Waals surface area contributed by atoms with Crippen LogP contribution < -0.4 is 15.8 Å². The highest BCUT2D eigenvalue weighted by Gasteiger charge is 2.32. The summed E-state index contributed by atoms with van der Waals surface area (Å²) in [5.74, 6) is -1.58. The molecule has 0 aromatic heterocycles. The molecule has 1 saturated heterocycles. The number of nitrogen functional groups attached to an aromatic ring is 1. The van der Waals surface area contributed by atoms with Crippen LogP contribution in [0.4, 0.5) is 5.69 Å². The van der Waals surface area contributed by atoms with Crippen LogP contribution in [0.3, 0.4) is 0 Å². The molecule has 1 fully saturated rings. The summed E-state index contributed by atoms with van der Waals surface area (Å²) in [5, 5.41) is 9.14. The van der Waals surface area contributed by atoms with Crippen molar-refractivity contribution < 1.29 is 36.9 Å². The van der Waals surface area contributed by atoms with Crippen molar-refractivity contribution in [1.82, 2.24) is 9.79 Å². The number of nitrogens with one attached hydrogen (secondary N) is 2. The second-order valence-corrected chi connectivity index (χ2v) is 11.7. The van der Waals surface area contributed by atoms with E-state index in [1.165, 1.54) is 12.1 Å². The maximum Gasteiger partial charge on any atom is 0.333 e. The first-order chi connectivity index (χ1) is 20.6. The lowest BCUT2D eigenvalue weighted by Gasteiger charge is -2.19. The van der Waals surface area contributed by atoms with Crippen LogP contribution in [0.15, 0.2) is 63.9 Å². The van der Waals surface area contributed by atoms with Gasteiger partial charge < -0.3 is 20.4 Å². The van der Waals surface area contributed by atoms with Crippen LogP contribution in [0.5, 0.6) is 0 Å². The van der Waals surface area contributed by atoms with E-state index in [0.29, 0.717) is 52.0 Å². The topological polar surface area (TPSA) is 190 Å². The Labute approximate surface area is 246 Å². The van der Waals surface area contributed by atoms with E-state index in [4.69, 9.17) is 20.4 Å². The first-order valence-corrected chi connectivity index (χ1v) is 15.0. The van der Waals surface area contributed by atoms with Crippen molar-refractivity contribution in [1.29, 1.82) is 5.41 Å². The third-order valence-corrected chi connectivity index (χ3v) is 8.59. The number of hydrogen-bond donors (Lipinski definition) is 3. The average molecular weight is 605 g/mol. The Bertz CT molecular complexity index is 1880. The zero-order valence-corrected chi connectivity index (χ0v) is 23.7. The first-order valence-electron chi connectivity index (χ1n) is 13.5. The van der Waals surface area contributed by atoms with E-state index in [1.54, 1.807) is 42.5 Å². The summed E-state index contributed by atoms with van der Waals surface area (Å²) in [5.41, 5.74) is 8.25. The summed E-state index contributed by atoms with van der Waals surface area (Å²) in [7, 11) is -4.20. The van der Waals surface area contributed by atoms with Gasteiger partial charge in [-0.15, -0.1) is 5.06 Å². The minimum absolute atomic E-state index is 0.00951. The number of rotatable bonds is 11. The lowest BCUT2D eigenvalue weighted by atomic mass is 9.91. The molecule has 3 aliphatic rings. The molecule has 0 bridgehead atoms. The number of aldehydes is 1. The van der Waals surface area contributed by atoms with Crippen LogP contribution in [-0.2, 0) is 29.2 Å². The van der Waals surface area contributed by atoms with Gasteiger partial charge in [0.2, 0.25) is 10.0 Å². The summed E-state index contributed by atoms with van der Waals surface area (Å²) in [6.07, 6.45) is 1.87. The van der Waals surface area contributed by atoms with Crippen molar-refractivity contribution in [2.75, 3.05) is 12.3 Å². The molecule has 4 N–H and O–H groups in total. The number of imide groups is 1. The molecule has 2 aromatic carbocycles. The second-order valence-electron chi connectivity index (χ2n) is 10.0. The summed E-state index contributed by atoms with van der Waals surface area (Å²) in [6.45, 7) is 0.0294. The van der Waals surface area contributed by atoms with Gasteiger partial charge in [0.05, 0.1) is 11.0 Å². The summed E-state index contributed by atoms with van der Waals surface area (Å²) >= 11 is 0. The molecule has 0 atom stereocenters. The number of fused-ring (bicyclic) bond motifs is 2. The molecule has 1 aliphatic carbocycles. The summed E-state index contributed by atoms with van der Waals surface area (Å²) < 4.78 is 35.7. The van der Waals surface area contributed by atoms with Crippen LogP contribution in [0.1, 0.15) is 48.9 Å². The van der Waals surface area contributed by atoms with Gasteiger partial charge in [0.25, 0.3) is 11.8 Å². The highest BCUT2D eigenvalue weighted by Crippen LogP contribution is 2.43. The predicted octanol–water partition coefficient (Wildman–Crippen LogP) is 3.52. The Morgan fingerprint density at radius 3 is 2.51 bits per heavy atom. The van der Waals surface area contributed by atoms with Crippen LogP contribution in [0.25, 0.3) is 33.4 Å². The van der Waals surface area contributed by atoms with Crippen molar-refractivity contribution in [3.63, 3.8) is 0 Å². The van der Waals surface area contributed by atoms with Gasteiger partial charge in [-0.3, -0.25) is 14.4 Å². The number of unbranched alkanes of at least 4 members (excludes halogenated alkanes) is 2. The quantitative estimate of drug-likeness (QED) is 0.0756. The fourth-order valence-electron chi connectivity index (χ4n) is 4.99. The van der Waals surface area contributed by atoms with Crippen molar-refractivity contribution in [3.8, 4) is 22.5 Å². The summed E-state index contributed by atoms with van der Waals surface area (Å²) in [6, 6.07) is 14.8. The molecule has 0 spiro atoms. The lowest BCUT2D eigenvalue weighted by Crippen LogP contribution is -2.32. The zero-order chi connectivity index (χ0) is 30.7. The van der Waals surface area contributed by atoms with E-state index in [1.807, 2.05) is 0 Å². The third kappa shape index (κ3) is 6.03. The van der Waals surface area contributed by atoms with Crippen molar-refractivity contribution in [2.24, 2.45) is 0 Å². The van der Waals surface area contributed by atoms with E-state index in [-0.39, 0.29) is 53.1 Å². The van der Waals surface area contributed by atoms with Crippen molar-refractivity contribution >= 4 is 50.7 Å². The Kier molecular flexibility index (Phi) is 8.37. The fraction of sp³-hybridized carbons (Fsp3) is 0.233. The SMILES string of the molecule is N=c1ccc2c(-c3ccccc3C=O)c3ccc(N)c(S(=O)(=O)NCCCCCC(=O)ON4C(=O)CCC4=O)c3oc-2c1. The molecular formula is C30H28N4O8S. The maximum absolute atomic E-state index is 13.5. The molecule has 222 valence electrons. The predicted molar refractivity (Wildman–Crippen MR) is 155 cm³/mol. The largest absolute Gasteiger partial charge is 0.454 e. The van der Waals surface area contributed by atoms with E-state index in [0.717, 1.165) is 6.29 Å². The lowest BCUT2D eigenvalue weighted by molar-refractivity contribution is -0.197. The number of carbonyl (C=O) groups is 4. The molecule has 0 unspecified atom stereocenters. The average Bonchev–Trinajstić information content (AvgIpc) is 3.29. The van der Waals surface area contributed by atoms with Gasteiger partial charge in [-0.1, -0.05) is 30.7 Å². The standard InChI is InChI=1S/C30H28N4O8S/c31-19-9-10-21-24(16-19)41-29-22(28(21)20-7-4-3-6-18(20)17-35)11-12-23(32)30(29)43(39,40)33-15-5-1-2-8-27(38)42-34-25(36)13-14-26(34)37/h3-4,6-7,9-12,16-17,31,33H,1-2,5,8,13-15,32H2. The Morgan fingerprint density at radius 2 is 1.77 bits per heavy atom. The molecule has 2 aliphatic heterocycles. The van der Waals surface area contributed by atoms with Crippen LogP contribution in [0, 0.1) is 5.41 Å². The highest BCUT2D eigenvalue weighted by atomic mass is 32.2. The van der Waals surface area contributed by atoms with Gasteiger partial charge in [-0.2, -0.15) is 0 Å². The number of sulfonamides is 1. The molecule has 5 rings (SSSR count). The molecule has 2 heterocycles. The number of amides is 2. The molecule has 0 saturated carbocycles.